The molecule has 1 amide bonds. The maximum Gasteiger partial charge on any atom is 0.337 e. The lowest BCUT2D eigenvalue weighted by atomic mass is 10.1. The van der Waals surface area contributed by atoms with E-state index < -0.39 is 17.9 Å². The number of hydrogen-bond acceptors (Lipinski definition) is 5. The van der Waals surface area contributed by atoms with Gasteiger partial charge in [0.1, 0.15) is 5.82 Å². The monoisotopic (exact) mass is 342 g/mol. The second-order valence-corrected chi connectivity index (χ2v) is 5.11. The molecule has 1 fully saturated rings. The van der Waals surface area contributed by atoms with E-state index >= 15 is 0 Å². The number of rotatable bonds is 3. The molecule has 1 unspecified atom stereocenters. The molecule has 1 N–H and O–H groups in total. The molecule has 0 radical (unpaired) electrons. The quantitative estimate of drug-likeness (QED) is 0.825. The summed E-state index contributed by atoms with van der Waals surface area (Å²) < 4.78 is 4.93. The zero-order chi connectivity index (χ0) is 14.9. The molecular formula is C12H11BrN2O5. The Hall–Kier alpha value is -1.96. The number of carboxylic acid groups (broad SMARTS) is 1. The third kappa shape index (κ3) is 2.64. The summed E-state index contributed by atoms with van der Waals surface area (Å²) in [5, 5.41) is 9.04. The fourth-order valence-electron chi connectivity index (χ4n) is 1.99. The van der Waals surface area contributed by atoms with Crippen LogP contribution in [0.4, 0.5) is 5.82 Å². The first-order chi connectivity index (χ1) is 9.43. The van der Waals surface area contributed by atoms with E-state index in [2.05, 4.69) is 25.7 Å². The molecule has 1 atom stereocenters. The normalized spacial score (nSPS) is 18.2. The van der Waals surface area contributed by atoms with Crippen LogP contribution in [0.2, 0.25) is 0 Å². The molecule has 8 heteroatoms. The van der Waals surface area contributed by atoms with Crippen LogP contribution in [0.25, 0.3) is 0 Å². The van der Waals surface area contributed by atoms with Crippen molar-refractivity contribution in [3.8, 4) is 0 Å². The fourth-order valence-corrected chi connectivity index (χ4v) is 2.38. The molecule has 1 saturated heterocycles. The van der Waals surface area contributed by atoms with E-state index in [0.29, 0.717) is 4.47 Å². The summed E-state index contributed by atoms with van der Waals surface area (Å²) in [5.74, 6) is -2.21. The maximum absolute atomic E-state index is 11.9. The van der Waals surface area contributed by atoms with E-state index in [1.807, 2.05) is 0 Å². The number of pyridine rings is 1. The van der Waals surface area contributed by atoms with Crippen molar-refractivity contribution < 1.29 is 24.2 Å². The van der Waals surface area contributed by atoms with E-state index in [4.69, 9.17) is 5.11 Å². The van der Waals surface area contributed by atoms with E-state index in [1.54, 1.807) is 0 Å². The van der Waals surface area contributed by atoms with Gasteiger partial charge in [0.2, 0.25) is 5.91 Å². The summed E-state index contributed by atoms with van der Waals surface area (Å²) in [6.45, 7) is 0.138. The Morgan fingerprint density at radius 3 is 2.85 bits per heavy atom. The van der Waals surface area contributed by atoms with E-state index in [0.717, 1.165) is 0 Å². The molecule has 2 heterocycles. The smallest absolute Gasteiger partial charge is 0.337 e. The van der Waals surface area contributed by atoms with Crippen molar-refractivity contribution in [1.29, 1.82) is 0 Å². The maximum atomic E-state index is 11.9. The number of anilines is 1. The lowest BCUT2D eigenvalue weighted by Crippen LogP contribution is -2.27. The molecule has 1 aromatic heterocycles. The number of aromatic carboxylic acids is 1. The number of aromatic nitrogens is 1. The molecule has 0 spiro atoms. The van der Waals surface area contributed by atoms with Crippen molar-refractivity contribution in [2.45, 2.75) is 6.42 Å². The number of hydrogen-bond donors (Lipinski definition) is 1. The van der Waals surface area contributed by atoms with Gasteiger partial charge in [-0.05, 0) is 22.0 Å². The zero-order valence-corrected chi connectivity index (χ0v) is 12.1. The van der Waals surface area contributed by atoms with Crippen molar-refractivity contribution in [3.05, 3.63) is 22.3 Å². The Kier molecular flexibility index (Phi) is 4.03. The first kappa shape index (κ1) is 14.4. The first-order valence-corrected chi connectivity index (χ1v) is 6.50. The first-order valence-electron chi connectivity index (χ1n) is 5.71. The SMILES string of the molecule is COC(=O)C1CC(=O)N(c2cc(C(=O)O)c(Br)cn2)C1. The lowest BCUT2D eigenvalue weighted by molar-refractivity contribution is -0.145. The molecule has 1 aromatic rings. The van der Waals surface area contributed by atoms with Crippen LogP contribution in [0.15, 0.2) is 16.7 Å². The average molecular weight is 343 g/mol. The highest BCUT2D eigenvalue weighted by molar-refractivity contribution is 9.10. The lowest BCUT2D eigenvalue weighted by Gasteiger charge is -2.15. The predicted octanol–water partition coefficient (Wildman–Crippen LogP) is 1.07. The van der Waals surface area contributed by atoms with Crippen molar-refractivity contribution in [1.82, 2.24) is 4.98 Å². The number of amides is 1. The highest BCUT2D eigenvalue weighted by atomic mass is 79.9. The number of ether oxygens (including phenoxy) is 1. The van der Waals surface area contributed by atoms with Crippen LogP contribution in [-0.2, 0) is 14.3 Å². The number of nitrogens with zero attached hydrogens (tertiary/aromatic N) is 2. The second-order valence-electron chi connectivity index (χ2n) is 4.26. The van der Waals surface area contributed by atoms with E-state index in [9.17, 15) is 14.4 Å². The number of carbonyl (C=O) groups is 3. The number of halogens is 1. The molecular weight excluding hydrogens is 332 g/mol. The van der Waals surface area contributed by atoms with Gasteiger partial charge in [-0.3, -0.25) is 14.5 Å². The van der Waals surface area contributed by atoms with E-state index in [1.165, 1.54) is 24.3 Å². The summed E-state index contributed by atoms with van der Waals surface area (Å²) >= 11 is 3.08. The van der Waals surface area contributed by atoms with Gasteiger partial charge in [0, 0.05) is 19.2 Å². The van der Waals surface area contributed by atoms with Crippen LogP contribution >= 0.6 is 15.9 Å². The largest absolute Gasteiger partial charge is 0.478 e. The summed E-state index contributed by atoms with van der Waals surface area (Å²) in [6.07, 6.45) is 1.35. The Morgan fingerprint density at radius 1 is 1.55 bits per heavy atom. The van der Waals surface area contributed by atoms with Gasteiger partial charge in [0.05, 0.1) is 23.1 Å². The Bertz CT molecular complexity index is 589. The van der Waals surface area contributed by atoms with Gasteiger partial charge in [0.25, 0.3) is 0 Å². The van der Waals surface area contributed by atoms with Crippen LogP contribution < -0.4 is 4.90 Å². The van der Waals surface area contributed by atoms with E-state index in [-0.39, 0.29) is 30.3 Å². The number of methoxy groups -OCH3 is 1. The van der Waals surface area contributed by atoms with Gasteiger partial charge in [0.15, 0.2) is 0 Å². The Morgan fingerprint density at radius 2 is 2.25 bits per heavy atom. The Labute approximate surface area is 122 Å². The third-order valence-electron chi connectivity index (χ3n) is 3.01. The Balaban J connectivity index is 2.28. The van der Waals surface area contributed by atoms with Gasteiger partial charge >= 0.3 is 11.9 Å². The summed E-state index contributed by atoms with van der Waals surface area (Å²) in [5.41, 5.74) is 0.00400. The molecule has 7 nitrogen and oxygen atoms in total. The average Bonchev–Trinajstić information content (AvgIpc) is 2.80. The standard InChI is InChI=1S/C12H11BrN2O5/c1-20-12(19)6-2-10(16)15(5-6)9-3-7(11(17)18)8(13)4-14-9/h3-4,6H,2,5H2,1H3,(H,17,18). The van der Waals surface area contributed by atoms with Crippen molar-refractivity contribution in [2.24, 2.45) is 5.92 Å². The molecule has 106 valence electrons. The van der Waals surface area contributed by atoms with Crippen LogP contribution in [-0.4, -0.2) is 41.6 Å². The summed E-state index contributed by atoms with van der Waals surface area (Å²) in [4.78, 5) is 39.7. The molecule has 0 aromatic carbocycles. The predicted molar refractivity (Wildman–Crippen MR) is 71.4 cm³/mol. The van der Waals surface area contributed by atoms with Gasteiger partial charge in [-0.2, -0.15) is 0 Å². The third-order valence-corrected chi connectivity index (χ3v) is 3.64. The molecule has 2 rings (SSSR count). The second kappa shape index (κ2) is 5.58. The van der Waals surface area contributed by atoms with Crippen LogP contribution in [0.3, 0.4) is 0 Å². The molecule has 1 aliphatic rings. The van der Waals surface area contributed by atoms with Crippen molar-refractivity contribution in [3.63, 3.8) is 0 Å². The summed E-state index contributed by atoms with van der Waals surface area (Å²) in [6, 6.07) is 1.30. The van der Waals surface area contributed by atoms with Gasteiger partial charge < -0.3 is 9.84 Å². The molecule has 0 saturated carbocycles. The molecule has 20 heavy (non-hydrogen) atoms. The van der Waals surface area contributed by atoms with Crippen LogP contribution in [0.5, 0.6) is 0 Å². The number of esters is 1. The molecule has 0 aliphatic carbocycles. The topological polar surface area (TPSA) is 96.8 Å². The minimum atomic E-state index is -1.13. The van der Waals surface area contributed by atoms with Gasteiger partial charge in [-0.25, -0.2) is 9.78 Å². The minimum absolute atomic E-state index is 0.00400. The van der Waals surface area contributed by atoms with Gasteiger partial charge in [-0.1, -0.05) is 0 Å². The minimum Gasteiger partial charge on any atom is -0.478 e. The van der Waals surface area contributed by atoms with Crippen LogP contribution in [0.1, 0.15) is 16.8 Å². The van der Waals surface area contributed by atoms with Crippen molar-refractivity contribution >= 4 is 39.6 Å². The fraction of sp³-hybridized carbons (Fsp3) is 0.333. The van der Waals surface area contributed by atoms with Crippen molar-refractivity contribution in [2.75, 3.05) is 18.6 Å². The molecule has 0 bridgehead atoms. The zero-order valence-electron chi connectivity index (χ0n) is 10.5. The number of carboxylic acids is 1. The molecule has 1 aliphatic heterocycles. The highest BCUT2D eigenvalue weighted by Gasteiger charge is 2.36. The van der Waals surface area contributed by atoms with Crippen LogP contribution in [0, 0.1) is 5.92 Å². The highest BCUT2D eigenvalue weighted by Crippen LogP contribution is 2.27. The number of carbonyl (C=O) groups excluding carboxylic acids is 2. The summed E-state index contributed by atoms with van der Waals surface area (Å²) in [7, 11) is 1.26. The van der Waals surface area contributed by atoms with Gasteiger partial charge in [-0.15, -0.1) is 0 Å².